The number of nitriles is 2. The lowest BCUT2D eigenvalue weighted by Gasteiger charge is -2.16. The Kier molecular flexibility index (Phi) is 8.64. The summed E-state index contributed by atoms with van der Waals surface area (Å²) in [4.78, 5) is 12.8. The second kappa shape index (κ2) is 12.1. The zero-order valence-electron chi connectivity index (χ0n) is 20.6. The summed E-state index contributed by atoms with van der Waals surface area (Å²) in [5.74, 6) is 0.463. The molecule has 3 aromatic carbocycles. The van der Waals surface area contributed by atoms with E-state index in [1.807, 2.05) is 56.3 Å². The number of carbonyl (C=O) groups excluding carboxylic acids is 1. The van der Waals surface area contributed by atoms with Crippen LogP contribution in [0.4, 0.5) is 5.69 Å². The normalized spacial score (nSPS) is 10.6. The Hall–Kier alpha value is -4.81. The molecule has 0 aliphatic heterocycles. The van der Waals surface area contributed by atoms with Gasteiger partial charge in [-0.3, -0.25) is 4.79 Å². The van der Waals surface area contributed by atoms with Crippen molar-refractivity contribution in [3.8, 4) is 23.6 Å². The molecule has 0 saturated carbocycles. The third kappa shape index (κ3) is 6.20. The molecule has 1 N–H and O–H groups in total. The number of anilines is 1. The lowest BCUT2D eigenvalue weighted by atomic mass is 10.0. The van der Waals surface area contributed by atoms with Crippen LogP contribution < -0.4 is 14.8 Å². The van der Waals surface area contributed by atoms with Crippen LogP contribution in [-0.2, 0) is 17.8 Å². The Morgan fingerprint density at radius 1 is 1.08 bits per heavy atom. The average Bonchev–Trinajstić information content (AvgIpc) is 2.88. The molecular formula is C30H27N3O3. The molecule has 0 aromatic heterocycles. The molecule has 0 atom stereocenters. The molecule has 1 amide bonds. The van der Waals surface area contributed by atoms with Gasteiger partial charge in [0, 0.05) is 16.8 Å². The van der Waals surface area contributed by atoms with Crippen molar-refractivity contribution >= 4 is 17.7 Å². The quantitative estimate of drug-likeness (QED) is 0.230. The van der Waals surface area contributed by atoms with Crippen molar-refractivity contribution in [2.24, 2.45) is 0 Å². The average molecular weight is 478 g/mol. The number of hydrogen-bond donors (Lipinski definition) is 1. The number of rotatable bonds is 9. The van der Waals surface area contributed by atoms with Crippen LogP contribution in [0, 0.1) is 36.5 Å². The summed E-state index contributed by atoms with van der Waals surface area (Å²) in [5.41, 5.74) is 5.28. The van der Waals surface area contributed by atoms with E-state index in [0.29, 0.717) is 34.7 Å². The predicted octanol–water partition coefficient (Wildman–Crippen LogP) is 6.04. The van der Waals surface area contributed by atoms with E-state index >= 15 is 0 Å². The van der Waals surface area contributed by atoms with Crippen molar-refractivity contribution in [1.29, 1.82) is 10.5 Å². The second-order valence-electron chi connectivity index (χ2n) is 8.20. The van der Waals surface area contributed by atoms with E-state index in [0.717, 1.165) is 22.3 Å². The maximum absolute atomic E-state index is 12.8. The molecule has 0 heterocycles. The molecular weight excluding hydrogens is 450 g/mol. The van der Waals surface area contributed by atoms with Gasteiger partial charge in [0.1, 0.15) is 18.2 Å². The standard InChI is InChI=1S/C30H27N3O3/c1-5-8-23-14-22(15-26(18-32)30(34)33-27-12-11-20(2)13-21(27)3)16-28(35-4)29(23)36-19-25-10-7-6-9-24(25)17-31/h5-7,9-16H,1,8,19H2,2-4H3,(H,33,34)/b26-15+. The van der Waals surface area contributed by atoms with Crippen molar-refractivity contribution in [3.05, 3.63) is 106 Å². The lowest BCUT2D eigenvalue weighted by molar-refractivity contribution is -0.112. The van der Waals surface area contributed by atoms with Crippen molar-refractivity contribution in [2.75, 3.05) is 12.4 Å². The Morgan fingerprint density at radius 3 is 2.53 bits per heavy atom. The molecule has 0 aliphatic rings. The fourth-order valence-corrected chi connectivity index (χ4v) is 3.75. The van der Waals surface area contributed by atoms with Crippen molar-refractivity contribution in [3.63, 3.8) is 0 Å². The molecule has 0 radical (unpaired) electrons. The molecule has 180 valence electrons. The van der Waals surface area contributed by atoms with Gasteiger partial charge in [-0.15, -0.1) is 6.58 Å². The second-order valence-corrected chi connectivity index (χ2v) is 8.20. The van der Waals surface area contributed by atoms with Gasteiger partial charge in [0.25, 0.3) is 5.91 Å². The van der Waals surface area contributed by atoms with Crippen molar-refractivity contribution in [2.45, 2.75) is 26.9 Å². The molecule has 0 aliphatic carbocycles. The zero-order valence-corrected chi connectivity index (χ0v) is 20.6. The summed E-state index contributed by atoms with van der Waals surface area (Å²) in [5, 5.41) is 21.8. The van der Waals surface area contributed by atoms with Gasteiger partial charge >= 0.3 is 0 Å². The van der Waals surface area contributed by atoms with Crippen LogP contribution >= 0.6 is 0 Å². The first-order chi connectivity index (χ1) is 17.4. The fraction of sp³-hybridized carbons (Fsp3) is 0.167. The molecule has 6 nitrogen and oxygen atoms in total. The van der Waals surface area contributed by atoms with Gasteiger partial charge in [0.2, 0.25) is 0 Å². The number of ether oxygens (including phenoxy) is 2. The number of hydrogen-bond acceptors (Lipinski definition) is 5. The minimum Gasteiger partial charge on any atom is -0.493 e. The minimum absolute atomic E-state index is 0.0433. The van der Waals surface area contributed by atoms with Crippen LogP contribution in [0.25, 0.3) is 6.08 Å². The third-order valence-electron chi connectivity index (χ3n) is 5.55. The third-order valence-corrected chi connectivity index (χ3v) is 5.55. The largest absolute Gasteiger partial charge is 0.493 e. The first-order valence-corrected chi connectivity index (χ1v) is 11.3. The van der Waals surface area contributed by atoms with Crippen LogP contribution in [0.15, 0.2) is 72.8 Å². The molecule has 0 unspecified atom stereocenters. The number of allylic oxidation sites excluding steroid dienone is 1. The van der Waals surface area contributed by atoms with Gasteiger partial charge in [0.15, 0.2) is 11.5 Å². The number of carbonyl (C=O) groups is 1. The molecule has 0 saturated heterocycles. The predicted molar refractivity (Wildman–Crippen MR) is 141 cm³/mol. The molecule has 0 spiro atoms. The fourth-order valence-electron chi connectivity index (χ4n) is 3.75. The number of benzene rings is 3. The first kappa shape index (κ1) is 25.8. The summed E-state index contributed by atoms with van der Waals surface area (Å²) in [6.07, 6.45) is 3.73. The smallest absolute Gasteiger partial charge is 0.266 e. The maximum Gasteiger partial charge on any atom is 0.266 e. The van der Waals surface area contributed by atoms with Crippen molar-refractivity contribution < 1.29 is 14.3 Å². The Bertz CT molecular complexity index is 1410. The van der Waals surface area contributed by atoms with Crippen LogP contribution in [0.2, 0.25) is 0 Å². The highest BCUT2D eigenvalue weighted by molar-refractivity contribution is 6.10. The highest BCUT2D eigenvalue weighted by atomic mass is 16.5. The molecule has 36 heavy (non-hydrogen) atoms. The SMILES string of the molecule is C=CCc1cc(/C=C(\C#N)C(=O)Nc2ccc(C)cc2C)cc(OC)c1OCc1ccccc1C#N. The lowest BCUT2D eigenvalue weighted by Crippen LogP contribution is -2.14. The zero-order chi connectivity index (χ0) is 26.1. The Balaban J connectivity index is 1.93. The highest BCUT2D eigenvalue weighted by Gasteiger charge is 2.16. The summed E-state index contributed by atoms with van der Waals surface area (Å²) in [7, 11) is 1.52. The van der Waals surface area contributed by atoms with Gasteiger partial charge in [-0.25, -0.2) is 0 Å². The van der Waals surface area contributed by atoms with Gasteiger partial charge < -0.3 is 14.8 Å². The van der Waals surface area contributed by atoms with E-state index in [2.05, 4.69) is 18.0 Å². The number of methoxy groups -OCH3 is 1. The van der Waals surface area contributed by atoms with Crippen LogP contribution in [0.5, 0.6) is 11.5 Å². The number of nitrogens with zero attached hydrogens (tertiary/aromatic N) is 2. The molecule has 3 aromatic rings. The summed E-state index contributed by atoms with van der Waals surface area (Å²) in [6, 6.07) is 20.6. The first-order valence-electron chi connectivity index (χ1n) is 11.3. The Morgan fingerprint density at radius 2 is 1.86 bits per heavy atom. The van der Waals surface area contributed by atoms with Crippen LogP contribution in [0.3, 0.4) is 0 Å². The van der Waals surface area contributed by atoms with Gasteiger partial charge in [0.05, 0.1) is 18.7 Å². The molecule has 3 rings (SSSR count). The minimum atomic E-state index is -0.498. The number of amides is 1. The molecule has 0 fully saturated rings. The van der Waals surface area contributed by atoms with E-state index < -0.39 is 5.91 Å². The number of aryl methyl sites for hydroxylation is 2. The van der Waals surface area contributed by atoms with E-state index in [1.165, 1.54) is 13.2 Å². The monoisotopic (exact) mass is 477 g/mol. The summed E-state index contributed by atoms with van der Waals surface area (Å²) >= 11 is 0. The molecule has 6 heteroatoms. The van der Waals surface area contributed by atoms with Crippen LogP contribution in [0.1, 0.15) is 33.4 Å². The van der Waals surface area contributed by atoms with E-state index in [-0.39, 0.29) is 12.2 Å². The summed E-state index contributed by atoms with van der Waals surface area (Å²) < 4.78 is 11.7. The Labute approximate surface area is 211 Å². The topological polar surface area (TPSA) is 95.1 Å². The van der Waals surface area contributed by atoms with Gasteiger partial charge in [-0.1, -0.05) is 42.0 Å². The molecule has 0 bridgehead atoms. The van der Waals surface area contributed by atoms with Gasteiger partial charge in [-0.2, -0.15) is 10.5 Å². The number of nitrogens with one attached hydrogen (secondary N) is 1. The maximum atomic E-state index is 12.8. The van der Waals surface area contributed by atoms with Crippen LogP contribution in [-0.4, -0.2) is 13.0 Å². The van der Waals surface area contributed by atoms with E-state index in [9.17, 15) is 15.3 Å². The van der Waals surface area contributed by atoms with E-state index in [4.69, 9.17) is 9.47 Å². The van der Waals surface area contributed by atoms with Gasteiger partial charge in [-0.05, 0) is 61.7 Å². The highest BCUT2D eigenvalue weighted by Crippen LogP contribution is 2.35. The summed E-state index contributed by atoms with van der Waals surface area (Å²) in [6.45, 7) is 7.88. The van der Waals surface area contributed by atoms with E-state index in [1.54, 1.807) is 24.3 Å². The van der Waals surface area contributed by atoms with Crippen molar-refractivity contribution in [1.82, 2.24) is 0 Å².